The lowest BCUT2D eigenvalue weighted by Gasteiger charge is -2.41. The zero-order valence-corrected chi connectivity index (χ0v) is 28.3. The van der Waals surface area contributed by atoms with Gasteiger partial charge in [0, 0.05) is 60.8 Å². The number of hydrogen-bond donors (Lipinski definition) is 0. The molecule has 4 heteroatoms. The molecule has 0 fully saturated rings. The second-order valence-electron chi connectivity index (χ2n) is 15.8. The van der Waals surface area contributed by atoms with Crippen LogP contribution >= 0.6 is 0 Å². The van der Waals surface area contributed by atoms with Crippen LogP contribution in [0.15, 0.2) is 120 Å². The Balaban J connectivity index is 1.41. The number of furan rings is 1. The van der Waals surface area contributed by atoms with Gasteiger partial charge in [0.05, 0.1) is 0 Å². The van der Waals surface area contributed by atoms with Gasteiger partial charge in [0.1, 0.15) is 11.2 Å². The fraction of sp³-hybridized carbons (Fsp3) is 0.182. The molecule has 2 aliphatic heterocycles. The first-order valence-electron chi connectivity index (χ1n) is 17.1. The zero-order chi connectivity index (χ0) is 32.7. The second-order valence-corrected chi connectivity index (χ2v) is 15.8. The van der Waals surface area contributed by atoms with E-state index in [1.165, 1.54) is 72.0 Å². The van der Waals surface area contributed by atoms with Gasteiger partial charge in [0.15, 0.2) is 0 Å². The molecule has 0 saturated heterocycles. The molecule has 4 heterocycles. The fourth-order valence-electron chi connectivity index (χ4n) is 8.50. The van der Waals surface area contributed by atoms with Crippen molar-refractivity contribution in [3.63, 3.8) is 0 Å². The Kier molecular flexibility index (Phi) is 5.36. The average Bonchev–Trinajstić information content (AvgIpc) is 3.62. The third-order valence-corrected chi connectivity index (χ3v) is 10.9. The standard InChI is InChI=1S/C44H37BN2O/c1-43(2,3)26-18-21-28(22-19-26)46-36-23-20-27(44(4,5)6)24-34(36)45-40-37(46)25-33-30-13-8-10-17-38(30)48-42(33)39(40)32-15-11-14-31-29-12-7-9-16-35(29)47(45)41(31)32/h7-25H,1-6H3. The van der Waals surface area contributed by atoms with Gasteiger partial charge in [-0.2, -0.15) is 0 Å². The summed E-state index contributed by atoms with van der Waals surface area (Å²) in [6.45, 7) is 13.8. The molecule has 10 rings (SSSR count). The minimum Gasteiger partial charge on any atom is -0.455 e. The summed E-state index contributed by atoms with van der Waals surface area (Å²) in [5.74, 6) is 0. The smallest absolute Gasteiger partial charge is 0.333 e. The molecule has 8 aromatic rings. The molecule has 6 aromatic carbocycles. The lowest BCUT2D eigenvalue weighted by Crippen LogP contribution is -2.57. The summed E-state index contributed by atoms with van der Waals surface area (Å²) < 4.78 is 9.51. The van der Waals surface area contributed by atoms with Gasteiger partial charge in [-0.1, -0.05) is 120 Å². The first kappa shape index (κ1) is 27.9. The normalized spacial score (nSPS) is 14.0. The molecule has 2 aliphatic rings. The van der Waals surface area contributed by atoms with Gasteiger partial charge in [-0.15, -0.1) is 0 Å². The van der Waals surface area contributed by atoms with Crippen LogP contribution in [0, 0.1) is 0 Å². The second kappa shape index (κ2) is 9.23. The highest BCUT2D eigenvalue weighted by atomic mass is 16.3. The van der Waals surface area contributed by atoms with Crippen LogP contribution in [0.2, 0.25) is 0 Å². The van der Waals surface area contributed by atoms with E-state index in [1.807, 2.05) is 0 Å². The van der Waals surface area contributed by atoms with Gasteiger partial charge in [0.25, 0.3) is 0 Å². The summed E-state index contributed by atoms with van der Waals surface area (Å²) in [5, 5.41) is 4.89. The number of para-hydroxylation sites is 3. The van der Waals surface area contributed by atoms with Crippen molar-refractivity contribution < 1.29 is 4.42 Å². The molecule has 0 radical (unpaired) electrons. The topological polar surface area (TPSA) is 21.3 Å². The van der Waals surface area contributed by atoms with E-state index in [-0.39, 0.29) is 17.7 Å². The molecular weight excluding hydrogens is 583 g/mol. The van der Waals surface area contributed by atoms with Crippen molar-refractivity contribution in [1.29, 1.82) is 0 Å². The third-order valence-electron chi connectivity index (χ3n) is 10.9. The Morgan fingerprint density at radius 3 is 2.04 bits per heavy atom. The van der Waals surface area contributed by atoms with E-state index in [1.54, 1.807) is 0 Å². The molecule has 48 heavy (non-hydrogen) atoms. The highest BCUT2D eigenvalue weighted by Gasteiger charge is 2.44. The van der Waals surface area contributed by atoms with Crippen molar-refractivity contribution in [3.8, 4) is 11.1 Å². The number of rotatable bonds is 1. The number of benzene rings is 6. The summed E-state index contributed by atoms with van der Waals surface area (Å²) >= 11 is 0. The van der Waals surface area contributed by atoms with E-state index in [9.17, 15) is 0 Å². The number of anilines is 3. The van der Waals surface area contributed by atoms with Gasteiger partial charge >= 0.3 is 6.85 Å². The van der Waals surface area contributed by atoms with Gasteiger partial charge in [0.2, 0.25) is 0 Å². The maximum Gasteiger partial charge on any atom is 0.333 e. The van der Waals surface area contributed by atoms with E-state index in [0.29, 0.717) is 0 Å². The van der Waals surface area contributed by atoms with Crippen LogP contribution in [0.3, 0.4) is 0 Å². The Bertz CT molecular complexity index is 2640. The largest absolute Gasteiger partial charge is 0.455 e. The van der Waals surface area contributed by atoms with Gasteiger partial charge in [-0.3, -0.25) is 0 Å². The van der Waals surface area contributed by atoms with Crippen LogP contribution in [-0.4, -0.2) is 11.3 Å². The predicted molar refractivity (Wildman–Crippen MR) is 205 cm³/mol. The molecule has 0 unspecified atom stereocenters. The Morgan fingerprint density at radius 1 is 0.583 bits per heavy atom. The van der Waals surface area contributed by atoms with Crippen LogP contribution < -0.4 is 15.8 Å². The average molecular weight is 621 g/mol. The van der Waals surface area contributed by atoms with Crippen molar-refractivity contribution in [2.24, 2.45) is 0 Å². The Hall–Kier alpha value is -5.22. The molecule has 0 bridgehead atoms. The van der Waals surface area contributed by atoms with E-state index < -0.39 is 0 Å². The Morgan fingerprint density at radius 2 is 1.27 bits per heavy atom. The molecule has 3 nitrogen and oxygen atoms in total. The summed E-state index contributed by atoms with van der Waals surface area (Å²) in [7, 11) is 0. The van der Waals surface area contributed by atoms with Crippen molar-refractivity contribution in [3.05, 3.63) is 126 Å². The summed E-state index contributed by atoms with van der Waals surface area (Å²) in [5.41, 5.74) is 15.9. The van der Waals surface area contributed by atoms with E-state index in [4.69, 9.17) is 4.42 Å². The molecule has 0 spiro atoms. The zero-order valence-electron chi connectivity index (χ0n) is 28.3. The highest BCUT2D eigenvalue weighted by Crippen LogP contribution is 2.49. The summed E-state index contributed by atoms with van der Waals surface area (Å²) in [6.07, 6.45) is 0. The minimum absolute atomic E-state index is 0.000660. The molecule has 0 amide bonds. The van der Waals surface area contributed by atoms with Crippen molar-refractivity contribution >= 4 is 78.6 Å². The predicted octanol–water partition coefficient (Wildman–Crippen LogP) is 10.7. The first-order valence-corrected chi connectivity index (χ1v) is 17.1. The lowest BCUT2D eigenvalue weighted by atomic mass is 9.44. The van der Waals surface area contributed by atoms with Crippen LogP contribution in [0.4, 0.5) is 17.1 Å². The molecular formula is C44H37BN2O. The fourth-order valence-corrected chi connectivity index (χ4v) is 8.50. The molecule has 232 valence electrons. The van der Waals surface area contributed by atoms with Gasteiger partial charge in [-0.25, -0.2) is 0 Å². The van der Waals surface area contributed by atoms with E-state index in [2.05, 4.69) is 166 Å². The van der Waals surface area contributed by atoms with Crippen molar-refractivity contribution in [1.82, 2.24) is 4.48 Å². The monoisotopic (exact) mass is 620 g/mol. The maximum absolute atomic E-state index is 6.88. The van der Waals surface area contributed by atoms with Crippen LogP contribution in [0.25, 0.3) is 54.9 Å². The quantitative estimate of drug-likeness (QED) is 0.170. The molecule has 0 atom stereocenters. The Labute approximate surface area is 281 Å². The number of aromatic nitrogens is 1. The summed E-state index contributed by atoms with van der Waals surface area (Å²) in [4.78, 5) is 2.52. The van der Waals surface area contributed by atoms with E-state index in [0.717, 1.165) is 21.9 Å². The van der Waals surface area contributed by atoms with Crippen LogP contribution in [-0.2, 0) is 10.8 Å². The highest BCUT2D eigenvalue weighted by molar-refractivity contribution is 6.90. The van der Waals surface area contributed by atoms with Crippen LogP contribution in [0.1, 0.15) is 52.7 Å². The maximum atomic E-state index is 6.88. The molecule has 0 aliphatic carbocycles. The van der Waals surface area contributed by atoms with E-state index >= 15 is 0 Å². The molecule has 0 saturated carbocycles. The molecule has 2 aromatic heterocycles. The van der Waals surface area contributed by atoms with Crippen LogP contribution in [0.5, 0.6) is 0 Å². The number of hydrogen-bond acceptors (Lipinski definition) is 2. The minimum atomic E-state index is -0.0210. The summed E-state index contributed by atoms with van der Waals surface area (Å²) in [6, 6.07) is 43.1. The van der Waals surface area contributed by atoms with Gasteiger partial charge < -0.3 is 13.8 Å². The first-order chi connectivity index (χ1) is 23.1. The van der Waals surface area contributed by atoms with Crippen molar-refractivity contribution in [2.75, 3.05) is 4.90 Å². The number of fused-ring (bicyclic) bond motifs is 11. The number of nitrogens with zero attached hydrogens (tertiary/aromatic N) is 2. The SMILES string of the molecule is CC(C)(C)c1ccc(N2c3ccc(C(C)(C)C)cc3B3c4c2cc2c(oc5ccccc52)c4-c2cccc4c5ccccc5n3c24)cc1. The lowest BCUT2D eigenvalue weighted by molar-refractivity contribution is 0.590. The third kappa shape index (κ3) is 3.61. The molecule has 0 N–H and O–H groups in total. The van der Waals surface area contributed by atoms with Crippen molar-refractivity contribution in [2.45, 2.75) is 52.4 Å². The van der Waals surface area contributed by atoms with Gasteiger partial charge in [-0.05, 0) is 69.3 Å².